The predicted molar refractivity (Wildman–Crippen MR) is 125 cm³/mol. The van der Waals surface area contributed by atoms with Crippen molar-refractivity contribution in [1.82, 2.24) is 9.97 Å². The number of hydrogen-bond donors (Lipinski definition) is 2. The van der Waals surface area contributed by atoms with E-state index in [4.69, 9.17) is 4.98 Å². The largest absolute Gasteiger partial charge is 0.378 e. The Labute approximate surface area is 183 Å². The highest BCUT2D eigenvalue weighted by atomic mass is 16.2. The van der Waals surface area contributed by atoms with Crippen LogP contribution in [0.25, 0.3) is 22.4 Å². The monoisotopic (exact) mass is 414 g/mol. The molecule has 1 aromatic heterocycles. The first-order chi connectivity index (χ1) is 15.0. The van der Waals surface area contributed by atoms with Crippen LogP contribution in [0.4, 0.5) is 11.4 Å². The standard InChI is InChI=1S/C26H30N4O/c1-30(2)21-6-3-19(4-7-21)24-28-22-8-5-20(12-23(22)29-24)27-25(31)26-13-16-9-17(14-26)11-18(10-16)15-26/h3-8,12,16-18H,9-11,13-15H2,1-2H3,(H,27,31)(H,28,29). The molecule has 4 aliphatic carbocycles. The number of aromatic nitrogens is 2. The Balaban J connectivity index is 1.24. The van der Waals surface area contributed by atoms with Crippen LogP contribution in [-0.4, -0.2) is 30.0 Å². The van der Waals surface area contributed by atoms with Crippen molar-refractivity contribution in [3.63, 3.8) is 0 Å². The summed E-state index contributed by atoms with van der Waals surface area (Å²) in [4.78, 5) is 23.6. The van der Waals surface area contributed by atoms with Crippen molar-refractivity contribution in [3.8, 4) is 11.4 Å². The maximum Gasteiger partial charge on any atom is 0.230 e. The van der Waals surface area contributed by atoms with Crippen LogP contribution in [0.5, 0.6) is 0 Å². The minimum Gasteiger partial charge on any atom is -0.378 e. The molecule has 5 nitrogen and oxygen atoms in total. The van der Waals surface area contributed by atoms with E-state index in [0.29, 0.717) is 0 Å². The van der Waals surface area contributed by atoms with E-state index in [-0.39, 0.29) is 11.3 Å². The number of hydrogen-bond acceptors (Lipinski definition) is 3. The van der Waals surface area contributed by atoms with E-state index >= 15 is 0 Å². The normalized spacial score (nSPS) is 28.8. The number of benzene rings is 2. The SMILES string of the molecule is CN(C)c1ccc(-c2nc3ccc(NC(=O)C45CC6CC(CC(C6)C4)C5)cc3[nH]2)cc1. The zero-order valence-corrected chi connectivity index (χ0v) is 18.3. The second kappa shape index (κ2) is 6.84. The first kappa shape index (κ1) is 18.9. The van der Waals surface area contributed by atoms with E-state index in [1.165, 1.54) is 19.3 Å². The molecule has 0 spiro atoms. The number of anilines is 2. The molecule has 160 valence electrons. The van der Waals surface area contributed by atoms with Gasteiger partial charge in [0.15, 0.2) is 0 Å². The summed E-state index contributed by atoms with van der Waals surface area (Å²) < 4.78 is 0. The highest BCUT2D eigenvalue weighted by molar-refractivity contribution is 5.97. The van der Waals surface area contributed by atoms with Gasteiger partial charge in [0.25, 0.3) is 0 Å². The number of imidazole rings is 1. The van der Waals surface area contributed by atoms with Crippen LogP contribution >= 0.6 is 0 Å². The molecule has 0 atom stereocenters. The van der Waals surface area contributed by atoms with Crippen LogP contribution in [0.2, 0.25) is 0 Å². The molecule has 0 unspecified atom stereocenters. The Bertz CT molecular complexity index is 1110. The Hall–Kier alpha value is -2.82. The smallest absolute Gasteiger partial charge is 0.230 e. The lowest BCUT2D eigenvalue weighted by Crippen LogP contribution is -2.51. The first-order valence-electron chi connectivity index (χ1n) is 11.6. The van der Waals surface area contributed by atoms with Crippen molar-refractivity contribution < 1.29 is 4.79 Å². The number of H-pyrrole nitrogens is 1. The lowest BCUT2D eigenvalue weighted by molar-refractivity contribution is -0.140. The lowest BCUT2D eigenvalue weighted by Gasteiger charge is -2.55. The molecule has 3 aromatic rings. The number of fused-ring (bicyclic) bond motifs is 1. The average molecular weight is 415 g/mol. The van der Waals surface area contributed by atoms with Gasteiger partial charge in [0, 0.05) is 31.0 Å². The molecule has 2 N–H and O–H groups in total. The van der Waals surface area contributed by atoms with Gasteiger partial charge < -0.3 is 15.2 Å². The molecule has 1 amide bonds. The Kier molecular flexibility index (Phi) is 4.17. The number of aromatic amines is 1. The number of nitrogens with zero attached hydrogens (tertiary/aromatic N) is 2. The summed E-state index contributed by atoms with van der Waals surface area (Å²) in [5, 5.41) is 3.27. The van der Waals surface area contributed by atoms with Crippen molar-refractivity contribution in [3.05, 3.63) is 42.5 Å². The summed E-state index contributed by atoms with van der Waals surface area (Å²) in [6.45, 7) is 0. The molecule has 4 fully saturated rings. The molecule has 0 saturated heterocycles. The summed E-state index contributed by atoms with van der Waals surface area (Å²) in [7, 11) is 4.07. The molecule has 31 heavy (non-hydrogen) atoms. The quantitative estimate of drug-likeness (QED) is 0.597. The van der Waals surface area contributed by atoms with Gasteiger partial charge in [0.1, 0.15) is 5.82 Å². The minimum absolute atomic E-state index is 0.128. The van der Waals surface area contributed by atoms with Crippen LogP contribution < -0.4 is 10.2 Å². The summed E-state index contributed by atoms with van der Waals surface area (Å²) >= 11 is 0. The lowest BCUT2D eigenvalue weighted by atomic mass is 9.49. The summed E-state index contributed by atoms with van der Waals surface area (Å²) in [6, 6.07) is 14.4. The second-order valence-corrected chi connectivity index (χ2v) is 10.4. The molecule has 2 aromatic carbocycles. The molecule has 0 radical (unpaired) electrons. The third kappa shape index (κ3) is 3.22. The molecule has 7 rings (SSSR count). The van der Waals surface area contributed by atoms with Gasteiger partial charge in [-0.1, -0.05) is 0 Å². The highest BCUT2D eigenvalue weighted by Gasteiger charge is 2.54. The molecule has 4 saturated carbocycles. The zero-order valence-electron chi connectivity index (χ0n) is 18.3. The number of carbonyl (C=O) groups is 1. The molecule has 1 heterocycles. The zero-order chi connectivity index (χ0) is 21.2. The highest BCUT2D eigenvalue weighted by Crippen LogP contribution is 2.60. The minimum atomic E-state index is -0.128. The fraction of sp³-hybridized carbons (Fsp3) is 0.462. The Morgan fingerprint density at radius 3 is 2.26 bits per heavy atom. The van der Waals surface area contributed by atoms with E-state index < -0.39 is 0 Å². The van der Waals surface area contributed by atoms with Crippen molar-refractivity contribution in [2.24, 2.45) is 23.2 Å². The summed E-state index contributed by atoms with van der Waals surface area (Å²) in [6.07, 6.45) is 7.32. The molecular formula is C26H30N4O. The number of amides is 1. The van der Waals surface area contributed by atoms with E-state index in [2.05, 4.69) is 39.5 Å². The van der Waals surface area contributed by atoms with Crippen LogP contribution in [0.1, 0.15) is 38.5 Å². The predicted octanol–water partition coefficient (Wildman–Crippen LogP) is 5.45. The molecular weight excluding hydrogens is 384 g/mol. The summed E-state index contributed by atoms with van der Waals surface area (Å²) in [5.41, 5.74) is 4.83. The topological polar surface area (TPSA) is 61.0 Å². The molecule has 5 heteroatoms. The van der Waals surface area contributed by atoms with Crippen LogP contribution in [-0.2, 0) is 4.79 Å². The van der Waals surface area contributed by atoms with Crippen molar-refractivity contribution in [1.29, 1.82) is 0 Å². The van der Waals surface area contributed by atoms with Crippen molar-refractivity contribution in [2.75, 3.05) is 24.3 Å². The van der Waals surface area contributed by atoms with Gasteiger partial charge in [-0.3, -0.25) is 4.79 Å². The average Bonchev–Trinajstić information content (AvgIpc) is 3.16. The van der Waals surface area contributed by atoms with Gasteiger partial charge in [-0.2, -0.15) is 0 Å². The van der Waals surface area contributed by atoms with Crippen LogP contribution in [0, 0.1) is 23.2 Å². The third-order valence-electron chi connectivity index (χ3n) is 7.92. The fourth-order valence-electron chi connectivity index (χ4n) is 6.79. The van der Waals surface area contributed by atoms with E-state index in [0.717, 1.165) is 70.8 Å². The van der Waals surface area contributed by atoms with Crippen LogP contribution in [0.15, 0.2) is 42.5 Å². The molecule has 4 bridgehead atoms. The van der Waals surface area contributed by atoms with Gasteiger partial charge in [-0.15, -0.1) is 0 Å². The number of nitrogens with one attached hydrogen (secondary N) is 2. The van der Waals surface area contributed by atoms with Gasteiger partial charge in [0.05, 0.1) is 16.4 Å². The summed E-state index contributed by atoms with van der Waals surface area (Å²) in [5.74, 6) is 3.41. The van der Waals surface area contributed by atoms with Crippen molar-refractivity contribution in [2.45, 2.75) is 38.5 Å². The second-order valence-electron chi connectivity index (χ2n) is 10.4. The maximum atomic E-state index is 13.4. The Morgan fingerprint density at radius 1 is 1.00 bits per heavy atom. The number of carbonyl (C=O) groups excluding carboxylic acids is 1. The number of rotatable bonds is 4. The third-order valence-corrected chi connectivity index (χ3v) is 7.92. The Morgan fingerprint density at radius 2 is 1.65 bits per heavy atom. The molecule has 0 aliphatic heterocycles. The molecule has 4 aliphatic rings. The van der Waals surface area contributed by atoms with Gasteiger partial charge in [0.2, 0.25) is 5.91 Å². The van der Waals surface area contributed by atoms with Gasteiger partial charge in [-0.05, 0) is 98.7 Å². The van der Waals surface area contributed by atoms with Gasteiger partial charge in [-0.25, -0.2) is 4.98 Å². The first-order valence-corrected chi connectivity index (χ1v) is 11.6. The van der Waals surface area contributed by atoms with Crippen LogP contribution in [0.3, 0.4) is 0 Å². The fourth-order valence-corrected chi connectivity index (χ4v) is 6.79. The van der Waals surface area contributed by atoms with E-state index in [1.54, 1.807) is 0 Å². The van der Waals surface area contributed by atoms with Gasteiger partial charge >= 0.3 is 0 Å². The van der Waals surface area contributed by atoms with Crippen molar-refractivity contribution >= 4 is 28.3 Å². The maximum absolute atomic E-state index is 13.4. The van der Waals surface area contributed by atoms with E-state index in [9.17, 15) is 4.79 Å². The van der Waals surface area contributed by atoms with E-state index in [1.807, 2.05) is 32.3 Å².